The van der Waals surface area contributed by atoms with Crippen molar-refractivity contribution in [2.24, 2.45) is 7.05 Å². The molecule has 0 unspecified atom stereocenters. The van der Waals surface area contributed by atoms with E-state index in [-0.39, 0.29) is 0 Å². The molecule has 6 aromatic rings. The summed E-state index contributed by atoms with van der Waals surface area (Å²) < 4.78 is 4.67. The first-order chi connectivity index (χ1) is 15.2. The van der Waals surface area contributed by atoms with Crippen LogP contribution in [0, 0.1) is 6.92 Å². The van der Waals surface area contributed by atoms with Crippen LogP contribution in [-0.2, 0) is 7.05 Å². The van der Waals surface area contributed by atoms with E-state index in [1.807, 2.05) is 0 Å². The van der Waals surface area contributed by atoms with E-state index in [1.165, 1.54) is 55.1 Å². The lowest BCUT2D eigenvalue weighted by Gasteiger charge is -2.09. The minimum Gasteiger partial charge on any atom is -0.309 e. The molecule has 0 aliphatic rings. The van der Waals surface area contributed by atoms with Gasteiger partial charge < -0.3 is 4.57 Å². The fourth-order valence-electron chi connectivity index (χ4n) is 4.86. The quantitative estimate of drug-likeness (QED) is 0.285. The molecule has 0 amide bonds. The summed E-state index contributed by atoms with van der Waals surface area (Å²) in [6, 6.07) is 34.8. The van der Waals surface area contributed by atoms with Gasteiger partial charge in [-0.3, -0.25) is 0 Å². The van der Waals surface area contributed by atoms with Crippen molar-refractivity contribution in [2.45, 2.75) is 6.92 Å². The first-order valence-electron chi connectivity index (χ1n) is 10.7. The maximum atomic E-state index is 2.40. The highest BCUT2D eigenvalue weighted by Gasteiger charge is 2.21. The molecule has 4 aromatic carbocycles. The lowest BCUT2D eigenvalue weighted by atomic mass is 10.0. The molecule has 2 nitrogen and oxygen atoms in total. The van der Waals surface area contributed by atoms with Gasteiger partial charge in [-0.05, 0) is 47.5 Å². The molecule has 0 N–H and O–H groups in total. The summed E-state index contributed by atoms with van der Waals surface area (Å²) in [6.07, 6.45) is 2.30. The predicted molar refractivity (Wildman–Crippen MR) is 130 cm³/mol. The van der Waals surface area contributed by atoms with Crippen LogP contribution >= 0.6 is 0 Å². The van der Waals surface area contributed by atoms with Gasteiger partial charge in [-0.15, -0.1) is 0 Å². The Hall–Kier alpha value is -3.91. The first kappa shape index (κ1) is 17.9. The van der Waals surface area contributed by atoms with Crippen molar-refractivity contribution in [1.29, 1.82) is 0 Å². The monoisotopic (exact) mass is 399 g/mol. The third-order valence-electron chi connectivity index (χ3n) is 6.35. The van der Waals surface area contributed by atoms with Gasteiger partial charge in [-0.1, -0.05) is 66.7 Å². The van der Waals surface area contributed by atoms with Crippen LogP contribution in [0.5, 0.6) is 0 Å². The Balaban J connectivity index is 1.82. The maximum Gasteiger partial charge on any atom is 0.214 e. The topological polar surface area (TPSA) is 8.81 Å². The third kappa shape index (κ3) is 2.69. The molecule has 0 aliphatic carbocycles. The van der Waals surface area contributed by atoms with Crippen molar-refractivity contribution < 1.29 is 4.57 Å². The van der Waals surface area contributed by atoms with Crippen molar-refractivity contribution in [3.63, 3.8) is 0 Å². The van der Waals surface area contributed by atoms with Crippen molar-refractivity contribution in [3.8, 4) is 16.9 Å². The van der Waals surface area contributed by atoms with E-state index in [9.17, 15) is 0 Å². The lowest BCUT2D eigenvalue weighted by molar-refractivity contribution is -0.659. The molecule has 0 bridgehead atoms. The summed E-state index contributed by atoms with van der Waals surface area (Å²) in [4.78, 5) is 0. The van der Waals surface area contributed by atoms with Gasteiger partial charge >= 0.3 is 0 Å². The highest BCUT2D eigenvalue weighted by molar-refractivity contribution is 6.21. The van der Waals surface area contributed by atoms with Gasteiger partial charge in [0, 0.05) is 22.7 Å². The van der Waals surface area contributed by atoms with Crippen molar-refractivity contribution in [2.75, 3.05) is 0 Å². The number of aryl methyl sites for hydroxylation is 2. The van der Waals surface area contributed by atoms with Crippen LogP contribution in [0.25, 0.3) is 49.5 Å². The highest BCUT2D eigenvalue weighted by atomic mass is 15.0. The summed E-state index contributed by atoms with van der Waals surface area (Å²) in [6.45, 7) is 2.18. The van der Waals surface area contributed by atoms with Gasteiger partial charge in [-0.25, -0.2) is 4.57 Å². The molecular formula is C29H23N2+. The lowest BCUT2D eigenvalue weighted by Crippen LogP contribution is -2.30. The summed E-state index contributed by atoms with van der Waals surface area (Å²) in [5.41, 5.74) is 7.42. The fourth-order valence-corrected chi connectivity index (χ4v) is 4.86. The number of hydrogen-bond acceptors (Lipinski definition) is 0. The zero-order valence-corrected chi connectivity index (χ0v) is 17.7. The van der Waals surface area contributed by atoms with E-state index in [1.54, 1.807) is 0 Å². The number of nitrogens with zero attached hydrogens (tertiary/aromatic N) is 2. The van der Waals surface area contributed by atoms with Gasteiger partial charge in [0.1, 0.15) is 7.05 Å². The van der Waals surface area contributed by atoms with E-state index in [4.69, 9.17) is 0 Å². The molecule has 0 aliphatic heterocycles. The number of benzene rings is 4. The Morgan fingerprint density at radius 1 is 0.677 bits per heavy atom. The predicted octanol–water partition coefficient (Wildman–Crippen LogP) is 6.74. The second-order valence-electron chi connectivity index (χ2n) is 8.24. The van der Waals surface area contributed by atoms with Crippen LogP contribution in [-0.4, -0.2) is 4.57 Å². The van der Waals surface area contributed by atoms with Crippen LogP contribution in [0.2, 0.25) is 0 Å². The van der Waals surface area contributed by atoms with Gasteiger partial charge in [0.15, 0.2) is 6.20 Å². The Morgan fingerprint density at radius 2 is 1.42 bits per heavy atom. The van der Waals surface area contributed by atoms with Gasteiger partial charge in [0.05, 0.1) is 16.4 Å². The van der Waals surface area contributed by atoms with E-state index in [0.29, 0.717) is 0 Å². The molecule has 31 heavy (non-hydrogen) atoms. The molecule has 0 radical (unpaired) electrons. The molecule has 0 atom stereocenters. The number of pyridine rings is 1. The number of rotatable bonds is 2. The fraction of sp³-hybridized carbons (Fsp3) is 0.0690. The van der Waals surface area contributed by atoms with E-state index in [0.717, 1.165) is 0 Å². The Labute approximate surface area is 181 Å². The molecule has 6 rings (SSSR count). The van der Waals surface area contributed by atoms with Gasteiger partial charge in [0.25, 0.3) is 0 Å². The molecule has 0 spiro atoms. The largest absolute Gasteiger partial charge is 0.309 e. The van der Waals surface area contributed by atoms with E-state index >= 15 is 0 Å². The van der Waals surface area contributed by atoms with Crippen LogP contribution in [0.3, 0.4) is 0 Å². The molecular weight excluding hydrogens is 376 g/mol. The first-order valence-corrected chi connectivity index (χ1v) is 10.7. The summed E-state index contributed by atoms with van der Waals surface area (Å²) in [5, 5.41) is 5.15. The highest BCUT2D eigenvalue weighted by Crippen LogP contribution is 2.37. The number of fused-ring (bicyclic) bond motifs is 5. The second-order valence-corrected chi connectivity index (χ2v) is 8.24. The Bertz CT molecular complexity index is 1590. The zero-order chi connectivity index (χ0) is 20.9. The minimum atomic E-state index is 1.18. The van der Waals surface area contributed by atoms with Crippen molar-refractivity contribution >= 4 is 32.6 Å². The summed E-state index contributed by atoms with van der Waals surface area (Å²) in [5.74, 6) is 0. The van der Waals surface area contributed by atoms with Crippen LogP contribution in [0.15, 0.2) is 103 Å². The Morgan fingerprint density at radius 3 is 2.26 bits per heavy atom. The van der Waals surface area contributed by atoms with E-state index in [2.05, 4.69) is 126 Å². The standard InChI is InChI=1S/C29H23N2/c1-20-10-6-8-14-23(20)27-18-28-25(19-30(27)2)29-24-15-9-7-11-21(24)16-17-26(29)31(28)22-12-4-3-5-13-22/h3-19H,1-2H3/q+1. The maximum absolute atomic E-state index is 2.40. The average Bonchev–Trinajstić information content (AvgIpc) is 3.13. The SMILES string of the molecule is Cc1ccccc1-c1cc2c(c[n+]1C)c1c3ccccc3ccc1n2-c1ccccc1. The van der Waals surface area contributed by atoms with Crippen LogP contribution < -0.4 is 4.57 Å². The molecule has 148 valence electrons. The number of aromatic nitrogens is 2. The third-order valence-corrected chi connectivity index (χ3v) is 6.35. The molecule has 0 saturated heterocycles. The number of para-hydroxylation sites is 1. The normalized spacial score (nSPS) is 11.5. The second kappa shape index (κ2) is 6.82. The zero-order valence-electron chi connectivity index (χ0n) is 17.7. The molecule has 0 fully saturated rings. The van der Waals surface area contributed by atoms with E-state index < -0.39 is 0 Å². The van der Waals surface area contributed by atoms with Gasteiger partial charge in [-0.2, -0.15) is 0 Å². The summed E-state index contributed by atoms with van der Waals surface area (Å²) >= 11 is 0. The smallest absolute Gasteiger partial charge is 0.214 e. The van der Waals surface area contributed by atoms with Crippen molar-refractivity contribution in [3.05, 3.63) is 109 Å². The molecule has 2 heterocycles. The van der Waals surface area contributed by atoms with Crippen molar-refractivity contribution in [1.82, 2.24) is 4.57 Å². The number of hydrogen-bond donors (Lipinski definition) is 0. The average molecular weight is 400 g/mol. The molecule has 0 saturated carbocycles. The van der Waals surface area contributed by atoms with Crippen LogP contribution in [0.4, 0.5) is 0 Å². The van der Waals surface area contributed by atoms with Crippen LogP contribution in [0.1, 0.15) is 5.56 Å². The Kier molecular flexibility index (Phi) is 3.94. The minimum absolute atomic E-state index is 1.18. The molecule has 2 heteroatoms. The molecule has 2 aromatic heterocycles. The van der Waals surface area contributed by atoms with Gasteiger partial charge in [0.2, 0.25) is 5.69 Å². The summed E-state index contributed by atoms with van der Waals surface area (Å²) in [7, 11) is 2.15.